The van der Waals surface area contributed by atoms with Crippen LogP contribution in [0.2, 0.25) is 5.02 Å². The third-order valence-electron chi connectivity index (χ3n) is 3.47. The summed E-state index contributed by atoms with van der Waals surface area (Å²) in [5.74, 6) is -0.447. The van der Waals surface area contributed by atoms with E-state index in [9.17, 15) is 18.7 Å². The van der Waals surface area contributed by atoms with E-state index in [1.807, 2.05) is 30.3 Å². The first-order chi connectivity index (χ1) is 11.4. The largest absolute Gasteiger partial charge is 0.391 e. The maximum atomic E-state index is 12.6. The van der Waals surface area contributed by atoms with Gasteiger partial charge < -0.3 is 10.0 Å². The van der Waals surface area contributed by atoms with Crippen molar-refractivity contribution in [2.24, 2.45) is 0 Å². The lowest BCUT2D eigenvalue weighted by Gasteiger charge is -2.21. The minimum atomic E-state index is -2.80. The molecular formula is C17H17ClF2N2O2. The van der Waals surface area contributed by atoms with Gasteiger partial charge in [-0.25, -0.2) is 8.78 Å². The molecule has 0 radical (unpaired) electrons. The average Bonchev–Trinajstić information content (AvgIpc) is 2.54. The molecule has 1 atom stereocenters. The van der Waals surface area contributed by atoms with Crippen LogP contribution in [0.5, 0.6) is 0 Å². The molecule has 0 unspecified atom stereocenters. The molecule has 2 rings (SSSR count). The molecule has 1 heterocycles. The van der Waals surface area contributed by atoms with E-state index in [1.165, 1.54) is 18.0 Å². The van der Waals surface area contributed by atoms with Gasteiger partial charge in [-0.15, -0.1) is 0 Å². The summed E-state index contributed by atoms with van der Waals surface area (Å²) in [6, 6.07) is 10.6. The highest BCUT2D eigenvalue weighted by Gasteiger charge is 2.20. The van der Waals surface area contributed by atoms with E-state index in [1.54, 1.807) is 0 Å². The van der Waals surface area contributed by atoms with Gasteiger partial charge in [-0.2, -0.15) is 0 Å². The molecular weight excluding hydrogens is 338 g/mol. The summed E-state index contributed by atoms with van der Waals surface area (Å²) in [4.78, 5) is 17.1. The molecule has 1 N–H and O–H groups in total. The number of nitrogens with zero attached hydrogens (tertiary/aromatic N) is 2. The highest BCUT2D eigenvalue weighted by atomic mass is 35.5. The Morgan fingerprint density at radius 3 is 2.58 bits per heavy atom. The molecule has 0 fully saturated rings. The lowest BCUT2D eigenvalue weighted by Crippen LogP contribution is -2.35. The fourth-order valence-electron chi connectivity index (χ4n) is 2.30. The Morgan fingerprint density at radius 2 is 2.00 bits per heavy atom. The quantitative estimate of drug-likeness (QED) is 0.865. The van der Waals surface area contributed by atoms with Crippen molar-refractivity contribution < 1.29 is 18.7 Å². The molecule has 4 nitrogen and oxygen atoms in total. The SMILES string of the molecule is CN(C[C@H](O)Cc1ccccc1)C(=O)c1cnc(C(F)F)c(Cl)c1. The van der Waals surface area contributed by atoms with Crippen LogP contribution in [0.1, 0.15) is 28.0 Å². The minimum Gasteiger partial charge on any atom is -0.391 e. The molecule has 0 aliphatic carbocycles. The van der Waals surface area contributed by atoms with Crippen LogP contribution in [-0.4, -0.2) is 40.6 Å². The summed E-state index contributed by atoms with van der Waals surface area (Å²) in [7, 11) is 1.52. The predicted octanol–water partition coefficient (Wildman–Crippen LogP) is 3.35. The van der Waals surface area contributed by atoms with Crippen molar-refractivity contribution in [3.63, 3.8) is 0 Å². The number of hydrogen-bond acceptors (Lipinski definition) is 3. The van der Waals surface area contributed by atoms with Gasteiger partial charge in [0.15, 0.2) is 0 Å². The van der Waals surface area contributed by atoms with Gasteiger partial charge in [0.25, 0.3) is 12.3 Å². The maximum absolute atomic E-state index is 12.6. The van der Waals surface area contributed by atoms with Crippen LogP contribution in [-0.2, 0) is 6.42 Å². The third-order valence-corrected chi connectivity index (χ3v) is 3.77. The molecule has 128 valence electrons. The van der Waals surface area contributed by atoms with E-state index in [4.69, 9.17) is 11.6 Å². The van der Waals surface area contributed by atoms with Crippen LogP contribution in [0.25, 0.3) is 0 Å². The smallest absolute Gasteiger partial charge is 0.281 e. The minimum absolute atomic E-state index is 0.0961. The van der Waals surface area contributed by atoms with E-state index in [-0.39, 0.29) is 17.1 Å². The third kappa shape index (κ3) is 4.72. The lowest BCUT2D eigenvalue weighted by molar-refractivity contribution is 0.0681. The summed E-state index contributed by atoms with van der Waals surface area (Å²) in [5.41, 5.74) is 0.496. The van der Waals surface area contributed by atoms with E-state index in [2.05, 4.69) is 4.98 Å². The number of carbonyl (C=O) groups excluding carboxylic acids is 1. The van der Waals surface area contributed by atoms with Gasteiger partial charge in [-0.05, 0) is 11.6 Å². The Balaban J connectivity index is 2.00. The molecule has 0 bridgehead atoms. The van der Waals surface area contributed by atoms with Crippen molar-refractivity contribution in [3.8, 4) is 0 Å². The first-order valence-corrected chi connectivity index (χ1v) is 7.67. The van der Waals surface area contributed by atoms with Gasteiger partial charge in [0.1, 0.15) is 5.69 Å². The molecule has 0 saturated heterocycles. The molecule has 1 aromatic carbocycles. The average molecular weight is 355 g/mol. The molecule has 1 aromatic heterocycles. The van der Waals surface area contributed by atoms with Gasteiger partial charge in [-0.3, -0.25) is 9.78 Å². The molecule has 0 saturated carbocycles. The first kappa shape index (κ1) is 18.3. The second-order valence-electron chi connectivity index (χ2n) is 5.42. The highest BCUT2D eigenvalue weighted by Crippen LogP contribution is 2.25. The predicted molar refractivity (Wildman–Crippen MR) is 87.3 cm³/mol. The zero-order valence-electron chi connectivity index (χ0n) is 13.0. The molecule has 1 amide bonds. The van der Waals surface area contributed by atoms with Crippen LogP contribution in [0.3, 0.4) is 0 Å². The molecule has 0 aliphatic heterocycles. The second-order valence-corrected chi connectivity index (χ2v) is 5.83. The van der Waals surface area contributed by atoms with Crippen molar-refractivity contribution in [1.82, 2.24) is 9.88 Å². The highest BCUT2D eigenvalue weighted by molar-refractivity contribution is 6.31. The standard InChI is InChI=1S/C17H17ClF2N2O2/c1-22(10-13(23)7-11-5-3-2-4-6-11)17(24)12-8-14(18)15(16(19)20)21-9-12/h2-6,8-9,13,16,23H,7,10H2,1H3/t13-/m1/s1. The number of aliphatic hydroxyl groups excluding tert-OH is 1. The number of rotatable bonds is 6. The lowest BCUT2D eigenvalue weighted by atomic mass is 10.1. The van der Waals surface area contributed by atoms with Crippen LogP contribution in [0.15, 0.2) is 42.6 Å². The van der Waals surface area contributed by atoms with E-state index in [0.29, 0.717) is 6.42 Å². The van der Waals surface area contributed by atoms with Gasteiger partial charge in [0.05, 0.1) is 16.7 Å². The molecule has 24 heavy (non-hydrogen) atoms. The topological polar surface area (TPSA) is 53.4 Å². The monoisotopic (exact) mass is 354 g/mol. The number of carbonyl (C=O) groups is 1. The van der Waals surface area contributed by atoms with E-state index in [0.717, 1.165) is 11.8 Å². The number of hydrogen-bond donors (Lipinski definition) is 1. The van der Waals surface area contributed by atoms with Gasteiger partial charge in [0.2, 0.25) is 0 Å². The number of alkyl halides is 2. The van der Waals surface area contributed by atoms with E-state index >= 15 is 0 Å². The summed E-state index contributed by atoms with van der Waals surface area (Å²) in [6.07, 6.45) is -2.07. The number of amides is 1. The first-order valence-electron chi connectivity index (χ1n) is 7.29. The van der Waals surface area contributed by atoms with Crippen molar-refractivity contribution in [2.45, 2.75) is 19.0 Å². The van der Waals surface area contributed by atoms with Gasteiger partial charge in [0, 0.05) is 26.2 Å². The summed E-state index contributed by atoms with van der Waals surface area (Å²) < 4.78 is 25.2. The maximum Gasteiger partial charge on any atom is 0.281 e. The van der Waals surface area contributed by atoms with Crippen LogP contribution in [0.4, 0.5) is 8.78 Å². The number of aromatic nitrogens is 1. The number of likely N-dealkylation sites (N-methyl/N-ethyl adjacent to an activating group) is 1. The van der Waals surface area contributed by atoms with Crippen LogP contribution in [0, 0.1) is 0 Å². The summed E-state index contributed by atoms with van der Waals surface area (Å²) in [5, 5.41) is 9.85. The molecule has 7 heteroatoms. The summed E-state index contributed by atoms with van der Waals surface area (Å²) >= 11 is 5.72. The van der Waals surface area contributed by atoms with Gasteiger partial charge in [-0.1, -0.05) is 41.9 Å². The number of pyridine rings is 1. The Morgan fingerprint density at radius 1 is 1.33 bits per heavy atom. The zero-order valence-corrected chi connectivity index (χ0v) is 13.8. The number of benzene rings is 1. The molecule has 2 aromatic rings. The van der Waals surface area contributed by atoms with Gasteiger partial charge >= 0.3 is 0 Å². The number of aliphatic hydroxyl groups is 1. The van der Waals surface area contributed by atoms with Crippen molar-refractivity contribution in [1.29, 1.82) is 0 Å². The number of halogens is 3. The Labute approximate surface area is 143 Å². The Hall–Kier alpha value is -2.05. The van der Waals surface area contributed by atoms with E-state index < -0.39 is 24.1 Å². The fraction of sp³-hybridized carbons (Fsp3) is 0.294. The molecule has 0 aliphatic rings. The summed E-state index contributed by atoms with van der Waals surface area (Å²) in [6.45, 7) is 0.0992. The van der Waals surface area contributed by atoms with Crippen molar-refractivity contribution in [2.75, 3.05) is 13.6 Å². The normalized spacial score (nSPS) is 12.2. The fourth-order valence-corrected chi connectivity index (χ4v) is 2.54. The van der Waals surface area contributed by atoms with Crippen molar-refractivity contribution >= 4 is 17.5 Å². The Kier molecular flexibility index (Phi) is 6.23. The second kappa shape index (κ2) is 8.17. The molecule has 0 spiro atoms. The van der Waals surface area contributed by atoms with Crippen LogP contribution >= 0.6 is 11.6 Å². The Bertz CT molecular complexity index is 698. The van der Waals surface area contributed by atoms with Crippen LogP contribution < -0.4 is 0 Å². The zero-order chi connectivity index (χ0) is 17.7. The van der Waals surface area contributed by atoms with Crippen molar-refractivity contribution in [3.05, 3.63) is 64.4 Å².